The zero-order valence-corrected chi connectivity index (χ0v) is 15.2. The van der Waals surface area contributed by atoms with Crippen LogP contribution >= 0.6 is 11.8 Å². The fraction of sp³-hybridized carbons (Fsp3) is 0.412. The van der Waals surface area contributed by atoms with Gasteiger partial charge in [-0.15, -0.1) is 5.10 Å². The topological polar surface area (TPSA) is 82.1 Å². The number of nitrogens with zero attached hydrogens (tertiary/aromatic N) is 3. The molecule has 0 radical (unpaired) electrons. The van der Waals surface area contributed by atoms with Crippen molar-refractivity contribution in [3.63, 3.8) is 0 Å². The van der Waals surface area contributed by atoms with Crippen molar-refractivity contribution in [2.75, 3.05) is 11.4 Å². The molecule has 3 rings (SSSR count). The Labute approximate surface area is 150 Å². The van der Waals surface area contributed by atoms with Gasteiger partial charge in [-0.05, 0) is 24.2 Å². The molecule has 1 spiro atoms. The second-order valence-corrected chi connectivity index (χ2v) is 7.17. The molecule has 132 valence electrons. The molecular weight excluding hydrogens is 340 g/mol. The molecule has 3 amide bonds. The van der Waals surface area contributed by atoms with Crippen molar-refractivity contribution in [3.8, 4) is 0 Å². The maximum absolute atomic E-state index is 13.4. The molecule has 2 aliphatic rings. The number of amides is 3. The Bertz CT molecular complexity index is 779. The first-order valence-electron chi connectivity index (χ1n) is 8.19. The summed E-state index contributed by atoms with van der Waals surface area (Å²) in [4.78, 5) is 37.4. The molecule has 0 unspecified atom stereocenters. The number of hydrazone groups is 1. The van der Waals surface area contributed by atoms with Gasteiger partial charge >= 0.3 is 0 Å². The zero-order valence-electron chi connectivity index (χ0n) is 14.4. The molecule has 1 N–H and O–H groups in total. The third-order valence-corrected chi connectivity index (χ3v) is 5.38. The minimum Gasteiger partial charge on any atom is -0.309 e. The maximum atomic E-state index is 13.4. The summed E-state index contributed by atoms with van der Waals surface area (Å²) in [6.45, 7) is 5.37. The molecule has 1 atom stereocenters. The van der Waals surface area contributed by atoms with Gasteiger partial charge in [0.05, 0.1) is 5.69 Å². The number of amidine groups is 1. The van der Waals surface area contributed by atoms with Crippen LogP contribution in [0.3, 0.4) is 0 Å². The molecule has 25 heavy (non-hydrogen) atoms. The monoisotopic (exact) mass is 360 g/mol. The molecule has 0 aliphatic carbocycles. The van der Waals surface area contributed by atoms with Gasteiger partial charge in [0.1, 0.15) is 0 Å². The number of carbonyl (C=O) groups is 3. The molecule has 7 nitrogen and oxygen atoms in total. The van der Waals surface area contributed by atoms with E-state index in [1.807, 2.05) is 24.3 Å². The van der Waals surface area contributed by atoms with E-state index in [0.717, 1.165) is 35.9 Å². The summed E-state index contributed by atoms with van der Waals surface area (Å²) in [5.41, 5.74) is 1.51. The Hall–Kier alpha value is -2.35. The lowest BCUT2D eigenvalue weighted by Crippen LogP contribution is -2.48. The normalized spacial score (nSPS) is 21.6. The van der Waals surface area contributed by atoms with E-state index in [4.69, 9.17) is 0 Å². The quantitative estimate of drug-likeness (QED) is 0.894. The predicted molar refractivity (Wildman–Crippen MR) is 96.7 cm³/mol. The first-order valence-corrected chi connectivity index (χ1v) is 9.01. The van der Waals surface area contributed by atoms with Crippen LogP contribution in [-0.2, 0) is 19.3 Å². The molecular formula is C17H20N4O3S. The Morgan fingerprint density at radius 3 is 2.64 bits per heavy atom. The van der Waals surface area contributed by atoms with Crippen molar-refractivity contribution < 1.29 is 14.4 Å². The van der Waals surface area contributed by atoms with Gasteiger partial charge in [-0.2, -0.15) is 5.01 Å². The lowest BCUT2D eigenvalue weighted by molar-refractivity contribution is -0.139. The number of thioether (sulfide) groups is 1. The summed E-state index contributed by atoms with van der Waals surface area (Å²) < 4.78 is 0. The van der Waals surface area contributed by atoms with Gasteiger partial charge in [0.15, 0.2) is 5.17 Å². The Morgan fingerprint density at radius 1 is 1.28 bits per heavy atom. The van der Waals surface area contributed by atoms with Crippen LogP contribution < -0.4 is 10.2 Å². The van der Waals surface area contributed by atoms with Gasteiger partial charge in [0, 0.05) is 26.0 Å². The molecule has 1 aromatic carbocycles. The number of carbonyl (C=O) groups excluding carboxylic acids is 3. The van der Waals surface area contributed by atoms with Crippen LogP contribution in [0.25, 0.3) is 0 Å². The second-order valence-electron chi connectivity index (χ2n) is 5.99. The van der Waals surface area contributed by atoms with E-state index in [2.05, 4.69) is 17.3 Å². The third-order valence-electron chi connectivity index (χ3n) is 4.14. The number of hydrogen-bond acceptors (Lipinski definition) is 5. The van der Waals surface area contributed by atoms with Crippen LogP contribution in [0.1, 0.15) is 39.2 Å². The molecule has 0 aromatic heterocycles. The smallest absolute Gasteiger partial charge is 0.270 e. The van der Waals surface area contributed by atoms with E-state index in [1.54, 1.807) is 4.90 Å². The molecule has 0 fully saturated rings. The molecule has 0 saturated heterocycles. The highest BCUT2D eigenvalue weighted by Gasteiger charge is 2.60. The molecule has 2 heterocycles. The van der Waals surface area contributed by atoms with Gasteiger partial charge in [-0.1, -0.05) is 31.5 Å². The lowest BCUT2D eigenvalue weighted by atomic mass is 10.1. The van der Waals surface area contributed by atoms with Gasteiger partial charge in [-0.3, -0.25) is 14.4 Å². The third kappa shape index (κ3) is 2.70. The second kappa shape index (κ2) is 6.51. The van der Waals surface area contributed by atoms with Crippen molar-refractivity contribution in [1.29, 1.82) is 0 Å². The van der Waals surface area contributed by atoms with Crippen molar-refractivity contribution in [2.45, 2.75) is 38.5 Å². The van der Waals surface area contributed by atoms with E-state index in [-0.39, 0.29) is 22.9 Å². The van der Waals surface area contributed by atoms with Crippen LogP contribution in [-0.4, -0.2) is 34.4 Å². The van der Waals surface area contributed by atoms with Crippen LogP contribution in [0.2, 0.25) is 0 Å². The summed E-state index contributed by atoms with van der Waals surface area (Å²) in [5.74, 6) is -0.854. The summed E-state index contributed by atoms with van der Waals surface area (Å²) >= 11 is 1.11. The number of benzene rings is 1. The number of fused-ring (bicyclic) bond motifs is 2. The first-order chi connectivity index (χ1) is 11.9. The lowest BCUT2D eigenvalue weighted by Gasteiger charge is -2.29. The van der Waals surface area contributed by atoms with Crippen molar-refractivity contribution in [2.24, 2.45) is 5.10 Å². The number of unbranched alkanes of at least 4 members (excludes halogenated alkanes) is 1. The highest BCUT2D eigenvalue weighted by atomic mass is 32.2. The van der Waals surface area contributed by atoms with Crippen molar-refractivity contribution in [3.05, 3.63) is 29.8 Å². The van der Waals surface area contributed by atoms with Gasteiger partial charge < -0.3 is 10.2 Å². The molecule has 0 saturated carbocycles. The Balaban J connectivity index is 2.09. The van der Waals surface area contributed by atoms with E-state index in [9.17, 15) is 14.4 Å². The van der Waals surface area contributed by atoms with E-state index < -0.39 is 4.87 Å². The average molecular weight is 360 g/mol. The number of hydrogen-bond donors (Lipinski definition) is 1. The van der Waals surface area contributed by atoms with Crippen LogP contribution in [0.4, 0.5) is 5.69 Å². The van der Waals surface area contributed by atoms with E-state index >= 15 is 0 Å². The summed E-state index contributed by atoms with van der Waals surface area (Å²) in [6, 6.07) is 7.44. The molecule has 0 bridgehead atoms. The van der Waals surface area contributed by atoms with Gasteiger partial charge in [-0.25, -0.2) is 0 Å². The van der Waals surface area contributed by atoms with Crippen LogP contribution in [0.15, 0.2) is 29.4 Å². The molecule has 2 aliphatic heterocycles. The Morgan fingerprint density at radius 2 is 2.00 bits per heavy atom. The summed E-state index contributed by atoms with van der Waals surface area (Å²) in [7, 11) is 0. The van der Waals surface area contributed by atoms with Crippen molar-refractivity contribution in [1.82, 2.24) is 10.3 Å². The number of nitrogens with one attached hydrogen (secondary N) is 1. The Kier molecular flexibility index (Phi) is 4.55. The predicted octanol–water partition coefficient (Wildman–Crippen LogP) is 1.99. The number of anilines is 1. The van der Waals surface area contributed by atoms with Crippen LogP contribution in [0.5, 0.6) is 0 Å². The highest BCUT2D eigenvalue weighted by Crippen LogP contribution is 2.54. The highest BCUT2D eigenvalue weighted by molar-refractivity contribution is 8.15. The number of rotatable bonds is 3. The maximum Gasteiger partial charge on any atom is 0.270 e. The van der Waals surface area contributed by atoms with E-state index in [0.29, 0.717) is 6.54 Å². The largest absolute Gasteiger partial charge is 0.309 e. The molecule has 1 aromatic rings. The van der Waals surface area contributed by atoms with Gasteiger partial charge in [0.2, 0.25) is 16.7 Å². The summed E-state index contributed by atoms with van der Waals surface area (Å²) in [6.07, 6.45) is 1.82. The standard InChI is InChI=1S/C17H20N4O3S/c1-4-5-10-20-14-9-7-6-8-13(14)17(15(20)24)21(12(3)23)19-16(25-17)18-11(2)22/h6-9H,4-5,10H2,1-3H3,(H,18,19,22)/t17-/m1/s1. The number of para-hydroxylation sites is 1. The minimum absolute atomic E-state index is 0.202. The molecule has 8 heteroatoms. The SMILES string of the molecule is CCCCN1C(=O)[C@]2(SC(NC(C)=O)=NN2C(C)=O)c2ccccc21. The fourth-order valence-corrected chi connectivity index (χ4v) is 4.44. The fourth-order valence-electron chi connectivity index (χ4n) is 3.10. The van der Waals surface area contributed by atoms with Crippen LogP contribution in [0, 0.1) is 0 Å². The average Bonchev–Trinajstić information content (AvgIpc) is 3.04. The van der Waals surface area contributed by atoms with Crippen molar-refractivity contribution >= 4 is 40.3 Å². The summed E-state index contributed by atoms with van der Waals surface area (Å²) in [5, 5.41) is 8.25. The van der Waals surface area contributed by atoms with Gasteiger partial charge in [0.25, 0.3) is 5.91 Å². The minimum atomic E-state index is -1.28. The zero-order chi connectivity index (χ0) is 18.2. The first kappa shape index (κ1) is 17.5. The van der Waals surface area contributed by atoms with E-state index in [1.165, 1.54) is 18.9 Å².